The molecular weight excluding hydrogens is 199 g/mol. The van der Waals surface area contributed by atoms with Crippen molar-refractivity contribution < 1.29 is 12.9 Å². The minimum atomic E-state index is -4.80. The molecule has 0 aliphatic heterocycles. The van der Waals surface area contributed by atoms with Crippen molar-refractivity contribution in [2.75, 3.05) is 0 Å². The van der Waals surface area contributed by atoms with Gasteiger partial charge in [0.1, 0.15) is 0 Å². The molecule has 0 unspecified atom stereocenters. The molecule has 0 radical (unpaired) electrons. The molecule has 0 saturated heterocycles. The van der Waals surface area contributed by atoms with E-state index in [2.05, 4.69) is 0 Å². The zero-order valence-corrected chi connectivity index (χ0v) is 7.78. The summed E-state index contributed by atoms with van der Waals surface area (Å²) in [4.78, 5) is 0. The quantitative estimate of drug-likeness (QED) is 0.650. The molecule has 0 spiro atoms. The van der Waals surface area contributed by atoms with Crippen molar-refractivity contribution >= 4 is 18.6 Å². The molecule has 13 heavy (non-hydrogen) atoms. The van der Waals surface area contributed by atoms with Crippen LogP contribution in [0.25, 0.3) is 0 Å². The van der Waals surface area contributed by atoms with Gasteiger partial charge in [-0.25, -0.2) is 0 Å². The number of aryl methyl sites for hydroxylation is 1. The molecule has 72 valence electrons. The molecule has 0 amide bonds. The number of hydrogen-bond acceptors (Lipinski definition) is 0. The zero-order chi connectivity index (χ0) is 10.1. The van der Waals surface area contributed by atoms with Gasteiger partial charge in [-0.15, -0.1) is 0 Å². The van der Waals surface area contributed by atoms with Crippen LogP contribution < -0.4 is 0 Å². The van der Waals surface area contributed by atoms with Crippen molar-refractivity contribution in [3.8, 4) is 0 Å². The fourth-order valence-corrected chi connectivity index (χ4v) is 1.38. The van der Waals surface area contributed by atoms with Gasteiger partial charge in [-0.3, -0.25) is 0 Å². The summed E-state index contributed by atoms with van der Waals surface area (Å²) in [5, 5.41) is 0.194. The van der Waals surface area contributed by atoms with Gasteiger partial charge in [-0.05, 0) is 18.6 Å². The Morgan fingerprint density at radius 1 is 1.31 bits per heavy atom. The van der Waals surface area contributed by atoms with Crippen LogP contribution in [-0.4, -0.2) is 6.98 Å². The summed E-state index contributed by atoms with van der Waals surface area (Å²) >= 11 is 5.65. The van der Waals surface area contributed by atoms with E-state index in [0.717, 1.165) is 5.56 Å². The lowest BCUT2D eigenvalue weighted by Crippen LogP contribution is -2.19. The van der Waals surface area contributed by atoms with Crippen molar-refractivity contribution in [2.45, 2.75) is 13.2 Å². The minimum absolute atomic E-state index is 0.153. The third-order valence-electron chi connectivity index (χ3n) is 1.66. The maximum Gasteiger partial charge on any atom is 0.482 e. The largest absolute Gasteiger partial charge is 0.482 e. The summed E-state index contributed by atoms with van der Waals surface area (Å²) in [6.45, 7) is -3.01. The Labute approximate surface area is 79.8 Å². The molecule has 0 bridgehead atoms. The molecule has 5 heteroatoms. The van der Waals surface area contributed by atoms with Gasteiger partial charge in [0.2, 0.25) is 0 Å². The minimum Gasteiger partial charge on any atom is -0.449 e. The molecule has 1 rings (SSSR count). The van der Waals surface area contributed by atoms with Crippen LogP contribution in [0.5, 0.6) is 0 Å². The number of rotatable bonds is 2. The van der Waals surface area contributed by atoms with Crippen LogP contribution in [-0.2, 0) is 6.32 Å². The molecule has 0 nitrogen and oxygen atoms in total. The molecular formula is C8H8BClF3-. The second-order valence-corrected chi connectivity index (χ2v) is 3.42. The SMILES string of the molecule is Cc1ccc(C[B-](F)(F)F)c(Cl)c1. The van der Waals surface area contributed by atoms with E-state index in [1.165, 1.54) is 6.07 Å². The van der Waals surface area contributed by atoms with Crippen molar-refractivity contribution in [3.05, 3.63) is 34.3 Å². The predicted molar refractivity (Wildman–Crippen MR) is 49.0 cm³/mol. The van der Waals surface area contributed by atoms with Gasteiger partial charge in [0.15, 0.2) is 0 Å². The van der Waals surface area contributed by atoms with Crippen molar-refractivity contribution in [1.82, 2.24) is 0 Å². The van der Waals surface area contributed by atoms with Crippen molar-refractivity contribution in [2.24, 2.45) is 0 Å². The molecule has 0 N–H and O–H groups in total. The van der Waals surface area contributed by atoms with E-state index >= 15 is 0 Å². The Morgan fingerprint density at radius 2 is 1.92 bits per heavy atom. The molecule has 0 saturated carbocycles. The van der Waals surface area contributed by atoms with Gasteiger partial charge < -0.3 is 12.9 Å². The van der Waals surface area contributed by atoms with Gasteiger partial charge >= 0.3 is 6.98 Å². The number of benzene rings is 1. The molecule has 0 heterocycles. The number of hydrogen-bond donors (Lipinski definition) is 0. The monoisotopic (exact) mass is 207 g/mol. The Balaban J connectivity index is 2.90. The molecule has 0 fully saturated rings. The summed E-state index contributed by atoms with van der Waals surface area (Å²) in [5.41, 5.74) is 1.02. The van der Waals surface area contributed by atoms with Gasteiger partial charge in [0.25, 0.3) is 0 Å². The van der Waals surface area contributed by atoms with Gasteiger partial charge in [-0.1, -0.05) is 35.6 Å². The second-order valence-electron chi connectivity index (χ2n) is 3.01. The fourth-order valence-electron chi connectivity index (χ4n) is 1.07. The van der Waals surface area contributed by atoms with Crippen molar-refractivity contribution in [3.63, 3.8) is 0 Å². The maximum atomic E-state index is 12.0. The van der Waals surface area contributed by atoms with Gasteiger partial charge in [-0.2, -0.15) is 0 Å². The molecule has 0 aliphatic carbocycles. The first-order valence-electron chi connectivity index (χ1n) is 3.84. The van der Waals surface area contributed by atoms with Crippen LogP contribution in [0, 0.1) is 6.92 Å². The first-order chi connectivity index (χ1) is 5.88. The van der Waals surface area contributed by atoms with Crippen LogP contribution in [0.2, 0.25) is 5.02 Å². The molecule has 0 aromatic heterocycles. The Kier molecular flexibility index (Phi) is 2.91. The van der Waals surface area contributed by atoms with Crippen LogP contribution >= 0.6 is 11.6 Å². The van der Waals surface area contributed by atoms with E-state index in [4.69, 9.17) is 11.6 Å². The summed E-state index contributed by atoms with van der Waals surface area (Å²) < 4.78 is 36.1. The second kappa shape index (κ2) is 3.62. The summed E-state index contributed by atoms with van der Waals surface area (Å²) in [6, 6.07) is 4.59. The lowest BCUT2D eigenvalue weighted by atomic mass is 9.82. The normalized spacial score (nSPS) is 11.8. The average Bonchev–Trinajstić information content (AvgIpc) is 1.93. The maximum absolute atomic E-state index is 12.0. The Morgan fingerprint density at radius 3 is 2.38 bits per heavy atom. The molecule has 1 aromatic rings. The first-order valence-corrected chi connectivity index (χ1v) is 4.22. The lowest BCUT2D eigenvalue weighted by Gasteiger charge is -2.14. The fraction of sp³-hybridized carbons (Fsp3) is 0.250. The Hall–Kier alpha value is -0.635. The van der Waals surface area contributed by atoms with Gasteiger partial charge in [0.05, 0.1) is 0 Å². The third kappa shape index (κ3) is 3.31. The zero-order valence-electron chi connectivity index (χ0n) is 7.03. The van der Waals surface area contributed by atoms with E-state index < -0.39 is 13.3 Å². The highest BCUT2D eigenvalue weighted by Gasteiger charge is 2.24. The molecule has 0 atom stereocenters. The molecule has 1 aromatic carbocycles. The highest BCUT2D eigenvalue weighted by atomic mass is 35.5. The highest BCUT2D eigenvalue weighted by molar-refractivity contribution is 6.58. The van der Waals surface area contributed by atoms with Gasteiger partial charge in [0, 0.05) is 5.02 Å². The predicted octanol–water partition coefficient (Wildman–Crippen LogP) is 3.58. The van der Waals surface area contributed by atoms with E-state index in [-0.39, 0.29) is 10.6 Å². The van der Waals surface area contributed by atoms with Crippen molar-refractivity contribution in [1.29, 1.82) is 0 Å². The van der Waals surface area contributed by atoms with E-state index in [9.17, 15) is 12.9 Å². The summed E-state index contributed by atoms with van der Waals surface area (Å²) in [5.74, 6) is 0. The smallest absolute Gasteiger partial charge is 0.449 e. The topological polar surface area (TPSA) is 0 Å². The van der Waals surface area contributed by atoms with E-state index in [0.29, 0.717) is 0 Å². The van der Waals surface area contributed by atoms with Crippen LogP contribution in [0.4, 0.5) is 12.9 Å². The summed E-state index contributed by atoms with van der Waals surface area (Å²) in [6.07, 6.45) is -0.904. The Bertz CT molecular complexity index is 309. The summed E-state index contributed by atoms with van der Waals surface area (Å²) in [7, 11) is 0. The third-order valence-corrected chi connectivity index (χ3v) is 2.01. The number of halogens is 4. The lowest BCUT2D eigenvalue weighted by molar-refractivity contribution is 0.468. The van der Waals surface area contributed by atoms with Crippen LogP contribution in [0.3, 0.4) is 0 Å². The average molecular weight is 207 g/mol. The standard InChI is InChI=1S/C8H8BClF3/c1-6-2-3-7(8(10)4-6)5-9(11,12)13/h2-4H,5H2,1H3/q-1. The van der Waals surface area contributed by atoms with E-state index in [1.807, 2.05) is 0 Å². The first kappa shape index (κ1) is 10.4. The molecule has 0 aliphatic rings. The highest BCUT2D eigenvalue weighted by Crippen LogP contribution is 2.23. The van der Waals surface area contributed by atoms with E-state index in [1.54, 1.807) is 19.1 Å². The van der Waals surface area contributed by atoms with Crippen LogP contribution in [0.15, 0.2) is 18.2 Å². The van der Waals surface area contributed by atoms with Crippen LogP contribution in [0.1, 0.15) is 11.1 Å².